The van der Waals surface area contributed by atoms with E-state index in [1.54, 1.807) is 12.1 Å². The lowest BCUT2D eigenvalue weighted by atomic mass is 10.1. The molecule has 0 saturated carbocycles. The van der Waals surface area contributed by atoms with E-state index in [0.29, 0.717) is 5.82 Å². The molecule has 7 heteroatoms. The lowest BCUT2D eigenvalue weighted by Gasteiger charge is -2.13. The molecule has 3 nitrogen and oxygen atoms in total. The van der Waals surface area contributed by atoms with Crippen molar-refractivity contribution in [2.75, 3.05) is 11.6 Å². The molecule has 0 aliphatic heterocycles. The number of thioether (sulfide) groups is 1. The SMILES string of the molecule is CSc1cc(NCc2ccccc2C(F)(F)F)ncn1. The molecule has 20 heavy (non-hydrogen) atoms. The van der Waals surface area contributed by atoms with Crippen LogP contribution in [0, 0.1) is 0 Å². The number of aromatic nitrogens is 2. The number of nitrogens with zero attached hydrogens (tertiary/aromatic N) is 2. The van der Waals surface area contributed by atoms with Gasteiger partial charge in [0, 0.05) is 12.6 Å². The Morgan fingerprint density at radius 3 is 2.65 bits per heavy atom. The highest BCUT2D eigenvalue weighted by molar-refractivity contribution is 7.98. The van der Waals surface area contributed by atoms with Crippen LogP contribution in [0.5, 0.6) is 0 Å². The van der Waals surface area contributed by atoms with Crippen LogP contribution in [0.25, 0.3) is 0 Å². The molecule has 0 amide bonds. The van der Waals surface area contributed by atoms with Gasteiger partial charge in [0.15, 0.2) is 0 Å². The second-order valence-corrected chi connectivity index (χ2v) is 4.78. The molecule has 0 spiro atoms. The van der Waals surface area contributed by atoms with E-state index in [2.05, 4.69) is 15.3 Å². The number of rotatable bonds is 4. The first-order chi connectivity index (χ1) is 9.50. The third-order valence-corrected chi connectivity index (χ3v) is 3.28. The summed E-state index contributed by atoms with van der Waals surface area (Å²) in [6.45, 7) is 0.0561. The van der Waals surface area contributed by atoms with E-state index in [0.717, 1.165) is 11.1 Å². The van der Waals surface area contributed by atoms with Gasteiger partial charge < -0.3 is 5.32 Å². The zero-order valence-corrected chi connectivity index (χ0v) is 11.4. The first kappa shape index (κ1) is 14.6. The van der Waals surface area contributed by atoms with E-state index in [1.165, 1.54) is 30.2 Å². The summed E-state index contributed by atoms with van der Waals surface area (Å²) >= 11 is 1.44. The predicted molar refractivity (Wildman–Crippen MR) is 72.6 cm³/mol. The number of anilines is 1. The predicted octanol–water partition coefficient (Wildman–Crippen LogP) is 3.83. The van der Waals surface area contributed by atoms with E-state index in [-0.39, 0.29) is 12.1 Å². The molecule has 106 valence electrons. The third kappa shape index (κ3) is 3.63. The molecule has 0 fully saturated rings. The standard InChI is InChI=1S/C13H12F3N3S/c1-20-12-6-11(18-8-19-12)17-7-9-4-2-3-5-10(9)13(14,15)16/h2-6,8H,7H2,1H3,(H,17,18,19). The Morgan fingerprint density at radius 1 is 1.20 bits per heavy atom. The number of alkyl halides is 3. The summed E-state index contributed by atoms with van der Waals surface area (Å²) in [5.74, 6) is 0.501. The van der Waals surface area contributed by atoms with Gasteiger partial charge in [-0.15, -0.1) is 11.8 Å². The average molecular weight is 299 g/mol. The Balaban J connectivity index is 2.15. The maximum Gasteiger partial charge on any atom is 0.416 e. The minimum absolute atomic E-state index is 0.0561. The monoisotopic (exact) mass is 299 g/mol. The largest absolute Gasteiger partial charge is 0.416 e. The Kier molecular flexibility index (Phi) is 4.49. The van der Waals surface area contributed by atoms with E-state index in [1.807, 2.05) is 6.26 Å². The van der Waals surface area contributed by atoms with Crippen molar-refractivity contribution in [3.8, 4) is 0 Å². The second-order valence-electron chi connectivity index (χ2n) is 3.95. The summed E-state index contributed by atoms with van der Waals surface area (Å²) in [4.78, 5) is 7.98. The molecule has 0 unspecified atom stereocenters. The maximum absolute atomic E-state index is 12.8. The maximum atomic E-state index is 12.8. The van der Waals surface area contributed by atoms with Gasteiger partial charge in [-0.3, -0.25) is 0 Å². The number of nitrogens with one attached hydrogen (secondary N) is 1. The lowest BCUT2D eigenvalue weighted by Crippen LogP contribution is -2.12. The van der Waals surface area contributed by atoms with Gasteiger partial charge in [0.2, 0.25) is 0 Å². The van der Waals surface area contributed by atoms with Crippen molar-refractivity contribution in [2.45, 2.75) is 17.7 Å². The zero-order valence-electron chi connectivity index (χ0n) is 10.6. The van der Waals surface area contributed by atoms with Gasteiger partial charge in [0.1, 0.15) is 17.2 Å². The van der Waals surface area contributed by atoms with Crippen LogP contribution in [0.2, 0.25) is 0 Å². The summed E-state index contributed by atoms with van der Waals surface area (Å²) in [6.07, 6.45) is -1.11. The molecule has 2 aromatic rings. The summed E-state index contributed by atoms with van der Waals surface area (Å²) in [5.41, 5.74) is -0.448. The van der Waals surface area contributed by atoms with Gasteiger partial charge in [-0.1, -0.05) is 18.2 Å². The van der Waals surface area contributed by atoms with Gasteiger partial charge >= 0.3 is 6.18 Å². The lowest BCUT2D eigenvalue weighted by molar-refractivity contribution is -0.138. The molecule has 0 bridgehead atoms. The molecule has 2 rings (SSSR count). The van der Waals surface area contributed by atoms with Gasteiger partial charge in [-0.05, 0) is 17.9 Å². The van der Waals surface area contributed by atoms with Crippen LogP contribution in [0.4, 0.5) is 19.0 Å². The molecule has 1 heterocycles. The molecular formula is C13H12F3N3S. The Hall–Kier alpha value is -1.76. The fourth-order valence-electron chi connectivity index (χ4n) is 1.68. The normalized spacial score (nSPS) is 11.4. The highest BCUT2D eigenvalue weighted by Gasteiger charge is 2.32. The number of benzene rings is 1. The van der Waals surface area contributed by atoms with Crippen molar-refractivity contribution in [1.82, 2.24) is 9.97 Å². The third-order valence-electron chi connectivity index (χ3n) is 2.63. The van der Waals surface area contributed by atoms with Crippen molar-refractivity contribution < 1.29 is 13.2 Å². The minimum Gasteiger partial charge on any atom is -0.366 e. The smallest absolute Gasteiger partial charge is 0.366 e. The Labute approximate surface area is 118 Å². The van der Waals surface area contributed by atoms with Gasteiger partial charge in [-0.2, -0.15) is 13.2 Å². The summed E-state index contributed by atoms with van der Waals surface area (Å²) in [7, 11) is 0. The van der Waals surface area contributed by atoms with Gasteiger partial charge in [0.25, 0.3) is 0 Å². The number of halogens is 3. The second kappa shape index (κ2) is 6.13. The molecule has 0 aliphatic rings. The summed E-state index contributed by atoms with van der Waals surface area (Å²) in [5, 5.41) is 3.64. The van der Waals surface area contributed by atoms with Crippen LogP contribution >= 0.6 is 11.8 Å². The van der Waals surface area contributed by atoms with E-state index >= 15 is 0 Å². The fourth-order valence-corrected chi connectivity index (χ4v) is 2.07. The highest BCUT2D eigenvalue weighted by atomic mass is 32.2. The minimum atomic E-state index is -4.35. The number of hydrogen-bond donors (Lipinski definition) is 1. The summed E-state index contributed by atoms with van der Waals surface area (Å²) < 4.78 is 38.5. The fraction of sp³-hybridized carbons (Fsp3) is 0.231. The quantitative estimate of drug-likeness (QED) is 0.688. The van der Waals surface area contributed by atoms with Crippen molar-refractivity contribution >= 4 is 17.6 Å². The van der Waals surface area contributed by atoms with E-state index in [4.69, 9.17) is 0 Å². The molecule has 0 aliphatic carbocycles. The van der Waals surface area contributed by atoms with Crippen LogP contribution in [0.15, 0.2) is 41.7 Å². The number of hydrogen-bond acceptors (Lipinski definition) is 4. The van der Waals surface area contributed by atoms with E-state index < -0.39 is 11.7 Å². The molecule has 1 aromatic carbocycles. The first-order valence-corrected chi connectivity index (χ1v) is 6.98. The van der Waals surface area contributed by atoms with E-state index in [9.17, 15) is 13.2 Å². The zero-order chi connectivity index (χ0) is 14.6. The van der Waals surface area contributed by atoms with Gasteiger partial charge in [-0.25, -0.2) is 9.97 Å². The highest BCUT2D eigenvalue weighted by Crippen LogP contribution is 2.32. The molecule has 0 atom stereocenters. The average Bonchev–Trinajstić information content (AvgIpc) is 2.44. The van der Waals surface area contributed by atoms with Crippen LogP contribution in [0.1, 0.15) is 11.1 Å². The Bertz CT molecular complexity index is 587. The molecule has 1 N–H and O–H groups in total. The van der Waals surface area contributed by atoms with Crippen molar-refractivity contribution in [1.29, 1.82) is 0 Å². The summed E-state index contributed by atoms with van der Waals surface area (Å²) in [6, 6.07) is 7.18. The molecule has 0 radical (unpaired) electrons. The first-order valence-electron chi connectivity index (χ1n) is 5.75. The topological polar surface area (TPSA) is 37.8 Å². The van der Waals surface area contributed by atoms with Crippen LogP contribution in [-0.2, 0) is 12.7 Å². The molecular weight excluding hydrogens is 287 g/mol. The Morgan fingerprint density at radius 2 is 1.95 bits per heavy atom. The van der Waals surface area contributed by atoms with Crippen LogP contribution in [0.3, 0.4) is 0 Å². The molecule has 1 aromatic heterocycles. The van der Waals surface area contributed by atoms with Crippen molar-refractivity contribution in [3.05, 3.63) is 47.8 Å². The van der Waals surface area contributed by atoms with Crippen molar-refractivity contribution in [3.63, 3.8) is 0 Å². The molecule has 0 saturated heterocycles. The van der Waals surface area contributed by atoms with Gasteiger partial charge in [0.05, 0.1) is 5.56 Å². The van der Waals surface area contributed by atoms with Crippen LogP contribution in [-0.4, -0.2) is 16.2 Å². The van der Waals surface area contributed by atoms with Crippen molar-refractivity contribution in [2.24, 2.45) is 0 Å². The van der Waals surface area contributed by atoms with Crippen LogP contribution < -0.4 is 5.32 Å².